The van der Waals surface area contributed by atoms with Crippen molar-refractivity contribution in [3.8, 4) is 9.88 Å². The zero-order valence-electron chi connectivity index (χ0n) is 14.8. The Kier molecular flexibility index (Phi) is 5.84. The van der Waals surface area contributed by atoms with Crippen LogP contribution in [-0.2, 0) is 4.79 Å². The summed E-state index contributed by atoms with van der Waals surface area (Å²) in [5, 5.41) is 12.4. The molecule has 1 saturated heterocycles. The van der Waals surface area contributed by atoms with Crippen LogP contribution >= 0.6 is 38.6 Å². The number of carbonyl (C=O) groups excluding carboxylic acids is 2. The summed E-state index contributed by atoms with van der Waals surface area (Å²) in [7, 11) is 0. The highest BCUT2D eigenvalue weighted by molar-refractivity contribution is 9.11. The maximum absolute atomic E-state index is 12.6. The number of nitrogens with one attached hydrogen (secondary N) is 1. The van der Waals surface area contributed by atoms with Crippen molar-refractivity contribution in [2.24, 2.45) is 5.92 Å². The van der Waals surface area contributed by atoms with Crippen molar-refractivity contribution in [1.82, 2.24) is 15.1 Å². The van der Waals surface area contributed by atoms with Gasteiger partial charge in [-0.05, 0) is 53.0 Å². The highest BCUT2D eigenvalue weighted by atomic mass is 79.9. The van der Waals surface area contributed by atoms with E-state index in [-0.39, 0.29) is 17.7 Å². The van der Waals surface area contributed by atoms with Gasteiger partial charge in [-0.1, -0.05) is 29.5 Å². The molecule has 0 bridgehead atoms. The average Bonchev–Trinajstić information content (AvgIpc) is 3.37. The second-order valence-corrected chi connectivity index (χ2v) is 9.88. The molecule has 3 heterocycles. The number of anilines is 1. The molecule has 144 valence electrons. The number of likely N-dealkylation sites (tertiary alicyclic amines) is 1. The van der Waals surface area contributed by atoms with E-state index in [2.05, 4.69) is 31.4 Å². The normalized spacial score (nSPS) is 14.8. The van der Waals surface area contributed by atoms with E-state index in [1.165, 1.54) is 11.3 Å². The lowest BCUT2D eigenvalue weighted by Gasteiger charge is -2.31. The lowest BCUT2D eigenvalue weighted by molar-refractivity contribution is -0.121. The van der Waals surface area contributed by atoms with E-state index < -0.39 is 0 Å². The number of hydrogen-bond acceptors (Lipinski definition) is 6. The molecule has 1 aliphatic rings. The molecule has 1 aromatic carbocycles. The summed E-state index contributed by atoms with van der Waals surface area (Å²) >= 11 is 6.38. The van der Waals surface area contributed by atoms with Crippen molar-refractivity contribution < 1.29 is 9.59 Å². The van der Waals surface area contributed by atoms with E-state index in [0.717, 1.165) is 13.7 Å². The fourth-order valence-corrected chi connectivity index (χ4v) is 5.30. The van der Waals surface area contributed by atoms with Gasteiger partial charge in [0.2, 0.25) is 11.0 Å². The van der Waals surface area contributed by atoms with Crippen molar-refractivity contribution in [1.29, 1.82) is 0 Å². The monoisotopic (exact) mass is 476 g/mol. The van der Waals surface area contributed by atoms with Gasteiger partial charge in [0, 0.05) is 24.6 Å². The Balaban J connectivity index is 1.32. The predicted octanol–water partition coefficient (Wildman–Crippen LogP) is 4.52. The summed E-state index contributed by atoms with van der Waals surface area (Å²) < 4.78 is 1.03. The summed E-state index contributed by atoms with van der Waals surface area (Å²) in [4.78, 5) is 27.9. The molecule has 0 atom stereocenters. The molecule has 4 rings (SSSR count). The van der Waals surface area contributed by atoms with Gasteiger partial charge in [0.25, 0.3) is 5.91 Å². The zero-order chi connectivity index (χ0) is 19.5. The van der Waals surface area contributed by atoms with Gasteiger partial charge in [-0.15, -0.1) is 21.5 Å². The van der Waals surface area contributed by atoms with Crippen LogP contribution in [0.2, 0.25) is 0 Å². The summed E-state index contributed by atoms with van der Waals surface area (Å²) in [6.45, 7) is 1.16. The van der Waals surface area contributed by atoms with E-state index in [1.807, 2.05) is 47.4 Å². The van der Waals surface area contributed by atoms with E-state index in [4.69, 9.17) is 0 Å². The van der Waals surface area contributed by atoms with Crippen molar-refractivity contribution in [2.45, 2.75) is 12.8 Å². The minimum Gasteiger partial charge on any atom is -0.339 e. The predicted molar refractivity (Wildman–Crippen MR) is 115 cm³/mol. The maximum Gasteiger partial charge on any atom is 0.253 e. The summed E-state index contributed by atoms with van der Waals surface area (Å²) in [6.07, 6.45) is 1.29. The highest BCUT2D eigenvalue weighted by Crippen LogP contribution is 2.34. The molecule has 2 amide bonds. The molecule has 1 fully saturated rings. The maximum atomic E-state index is 12.6. The molecule has 1 N–H and O–H groups in total. The first-order valence-corrected chi connectivity index (χ1v) is 11.3. The Bertz CT molecular complexity index is 981. The third-order valence-electron chi connectivity index (χ3n) is 4.61. The Hall–Kier alpha value is -2.10. The number of aromatic nitrogens is 2. The van der Waals surface area contributed by atoms with Crippen molar-refractivity contribution in [3.63, 3.8) is 0 Å². The first-order valence-electron chi connectivity index (χ1n) is 8.84. The fourth-order valence-electron chi connectivity index (χ4n) is 3.12. The van der Waals surface area contributed by atoms with Crippen LogP contribution < -0.4 is 5.32 Å². The van der Waals surface area contributed by atoms with Crippen LogP contribution in [0.4, 0.5) is 5.13 Å². The van der Waals surface area contributed by atoms with Crippen LogP contribution in [0.1, 0.15) is 23.2 Å². The molecule has 0 saturated carbocycles. The molecular formula is C19H17BrN4O2S2. The van der Waals surface area contributed by atoms with Gasteiger partial charge >= 0.3 is 0 Å². The molecule has 3 aromatic rings. The first kappa shape index (κ1) is 19.2. The number of thiophene rings is 1. The Morgan fingerprint density at radius 1 is 1.04 bits per heavy atom. The SMILES string of the molecule is O=C(Nc1nnc(-c2ccc(Br)s2)s1)C1CCN(C(=O)c2ccccc2)CC1. The summed E-state index contributed by atoms with van der Waals surface area (Å²) in [5.41, 5.74) is 0.687. The molecule has 0 spiro atoms. The van der Waals surface area contributed by atoms with Gasteiger partial charge in [0.1, 0.15) is 0 Å². The number of piperidine rings is 1. The molecule has 0 unspecified atom stereocenters. The summed E-state index contributed by atoms with van der Waals surface area (Å²) in [6, 6.07) is 13.2. The first-order chi connectivity index (χ1) is 13.6. The minimum atomic E-state index is -0.122. The fraction of sp³-hybridized carbons (Fsp3) is 0.263. The number of nitrogens with zero attached hydrogens (tertiary/aromatic N) is 3. The van der Waals surface area contributed by atoms with E-state index >= 15 is 0 Å². The number of carbonyl (C=O) groups is 2. The quantitative estimate of drug-likeness (QED) is 0.600. The van der Waals surface area contributed by atoms with Gasteiger partial charge in [0.05, 0.1) is 8.66 Å². The number of benzene rings is 1. The Labute approximate surface area is 178 Å². The Morgan fingerprint density at radius 2 is 1.79 bits per heavy atom. The van der Waals surface area contributed by atoms with Gasteiger partial charge in [-0.2, -0.15) is 0 Å². The van der Waals surface area contributed by atoms with Crippen LogP contribution in [0.15, 0.2) is 46.3 Å². The van der Waals surface area contributed by atoms with Crippen LogP contribution in [-0.4, -0.2) is 40.0 Å². The molecule has 28 heavy (non-hydrogen) atoms. The molecular weight excluding hydrogens is 460 g/mol. The van der Waals surface area contributed by atoms with Crippen molar-refractivity contribution >= 4 is 55.5 Å². The van der Waals surface area contributed by atoms with Crippen LogP contribution in [0.3, 0.4) is 0 Å². The molecule has 9 heteroatoms. The molecule has 0 aliphatic carbocycles. The molecule has 2 aromatic heterocycles. The molecule has 1 aliphatic heterocycles. The van der Waals surface area contributed by atoms with E-state index in [0.29, 0.717) is 36.6 Å². The number of hydrogen-bond donors (Lipinski definition) is 1. The standard InChI is InChI=1S/C19H17BrN4O2S2/c20-15-7-6-14(27-15)17-22-23-19(28-17)21-16(25)12-8-10-24(11-9-12)18(26)13-4-2-1-3-5-13/h1-7,12H,8-11H2,(H,21,23,25). The largest absolute Gasteiger partial charge is 0.339 e. The van der Waals surface area contributed by atoms with Crippen LogP contribution in [0, 0.1) is 5.92 Å². The minimum absolute atomic E-state index is 0.0235. The lowest BCUT2D eigenvalue weighted by atomic mass is 9.95. The van der Waals surface area contributed by atoms with Gasteiger partial charge in [-0.25, -0.2) is 0 Å². The van der Waals surface area contributed by atoms with Crippen LogP contribution in [0.5, 0.6) is 0 Å². The summed E-state index contributed by atoms with van der Waals surface area (Å²) in [5.74, 6) is -0.153. The smallest absolute Gasteiger partial charge is 0.253 e. The molecule has 6 nitrogen and oxygen atoms in total. The van der Waals surface area contributed by atoms with Crippen molar-refractivity contribution in [3.05, 3.63) is 51.8 Å². The lowest BCUT2D eigenvalue weighted by Crippen LogP contribution is -2.41. The van der Waals surface area contributed by atoms with Gasteiger partial charge in [-0.3, -0.25) is 9.59 Å². The van der Waals surface area contributed by atoms with Crippen molar-refractivity contribution in [2.75, 3.05) is 18.4 Å². The van der Waals surface area contributed by atoms with Gasteiger partial charge < -0.3 is 10.2 Å². The average molecular weight is 477 g/mol. The van der Waals surface area contributed by atoms with Crippen LogP contribution in [0.25, 0.3) is 9.88 Å². The number of amides is 2. The van der Waals surface area contributed by atoms with Gasteiger partial charge in [0.15, 0.2) is 5.01 Å². The number of halogens is 1. The highest BCUT2D eigenvalue weighted by Gasteiger charge is 2.28. The molecule has 0 radical (unpaired) electrons. The zero-order valence-corrected chi connectivity index (χ0v) is 18.0. The number of rotatable bonds is 4. The third kappa shape index (κ3) is 4.31. The van der Waals surface area contributed by atoms with E-state index in [1.54, 1.807) is 11.3 Å². The topological polar surface area (TPSA) is 75.2 Å². The van der Waals surface area contributed by atoms with E-state index in [9.17, 15) is 9.59 Å². The second kappa shape index (κ2) is 8.50. The third-order valence-corrected chi connectivity index (χ3v) is 7.24. The Morgan fingerprint density at radius 3 is 2.46 bits per heavy atom. The second-order valence-electron chi connectivity index (χ2n) is 6.44.